The number of carbonyl (C=O) groups excluding carboxylic acids is 2. The first kappa shape index (κ1) is 21.2. The van der Waals surface area contributed by atoms with E-state index in [0.717, 1.165) is 5.56 Å². The van der Waals surface area contributed by atoms with Gasteiger partial charge in [0.05, 0.1) is 16.6 Å². The number of rotatable bonds is 6. The minimum Gasteiger partial charge on any atom is -0.449 e. The van der Waals surface area contributed by atoms with Crippen LogP contribution in [0.25, 0.3) is 11.0 Å². The maximum atomic E-state index is 12.6. The van der Waals surface area contributed by atoms with Gasteiger partial charge in [-0.1, -0.05) is 30.3 Å². The molecule has 0 radical (unpaired) electrons. The van der Waals surface area contributed by atoms with Crippen molar-refractivity contribution >= 4 is 22.9 Å². The second-order valence-electron chi connectivity index (χ2n) is 7.18. The lowest BCUT2D eigenvalue weighted by molar-refractivity contribution is -0.139. The first-order valence-electron chi connectivity index (χ1n) is 9.83. The number of benzene rings is 2. The van der Waals surface area contributed by atoms with Gasteiger partial charge in [0.2, 0.25) is 0 Å². The van der Waals surface area contributed by atoms with Crippen LogP contribution in [0.3, 0.4) is 0 Å². The molecule has 1 amide bonds. The summed E-state index contributed by atoms with van der Waals surface area (Å²) in [6.07, 6.45) is -0.929. The molecule has 1 heterocycles. The fourth-order valence-electron chi connectivity index (χ4n) is 3.34. The quantitative estimate of drug-likeness (QED) is 0.587. The highest BCUT2D eigenvalue weighted by Crippen LogP contribution is 2.15. The molecular weight excluding hydrogens is 382 g/mol. The molecule has 0 spiro atoms. The predicted octanol–water partition coefficient (Wildman–Crippen LogP) is 2.93. The monoisotopic (exact) mass is 407 g/mol. The standard InChI is InChI=1S/C23H25N3O4/c1-5-26-20-12-11-18(13-19(20)24-15(2)21(26)27)23(29)30-16(3)22(28)25(4)14-17-9-7-6-8-10-17/h6-13,16H,5,14H2,1-4H3/t16-/m1/s1. The van der Waals surface area contributed by atoms with Gasteiger partial charge < -0.3 is 14.2 Å². The normalized spacial score (nSPS) is 11.9. The van der Waals surface area contributed by atoms with E-state index in [1.165, 1.54) is 4.90 Å². The summed E-state index contributed by atoms with van der Waals surface area (Å²) in [6.45, 7) is 6.00. The number of fused-ring (bicyclic) bond motifs is 1. The van der Waals surface area contributed by atoms with Crippen LogP contribution in [0, 0.1) is 6.92 Å². The van der Waals surface area contributed by atoms with Gasteiger partial charge in [0, 0.05) is 20.1 Å². The summed E-state index contributed by atoms with van der Waals surface area (Å²) in [7, 11) is 1.67. The van der Waals surface area contributed by atoms with Crippen molar-refractivity contribution in [3.05, 3.63) is 75.7 Å². The van der Waals surface area contributed by atoms with Crippen LogP contribution in [-0.4, -0.2) is 39.5 Å². The molecule has 0 aliphatic heterocycles. The Morgan fingerprint density at radius 2 is 1.87 bits per heavy atom. The fourth-order valence-corrected chi connectivity index (χ4v) is 3.34. The average molecular weight is 407 g/mol. The number of hydrogen-bond acceptors (Lipinski definition) is 5. The molecule has 7 heteroatoms. The molecule has 0 unspecified atom stereocenters. The minimum atomic E-state index is -0.929. The van der Waals surface area contributed by atoms with Crippen molar-refractivity contribution < 1.29 is 14.3 Å². The van der Waals surface area contributed by atoms with Gasteiger partial charge in [-0.25, -0.2) is 9.78 Å². The Kier molecular flexibility index (Phi) is 6.30. The lowest BCUT2D eigenvalue weighted by atomic mass is 10.2. The third kappa shape index (κ3) is 4.40. The molecular formula is C23H25N3O4. The molecule has 2 aromatic carbocycles. The number of carbonyl (C=O) groups is 2. The number of aromatic nitrogens is 2. The summed E-state index contributed by atoms with van der Waals surface area (Å²) in [6, 6.07) is 14.4. The average Bonchev–Trinajstić information content (AvgIpc) is 2.74. The Labute approximate surface area is 174 Å². The minimum absolute atomic E-state index is 0.152. The third-order valence-electron chi connectivity index (χ3n) is 4.93. The largest absolute Gasteiger partial charge is 0.449 e. The molecule has 1 atom stereocenters. The molecule has 156 valence electrons. The topological polar surface area (TPSA) is 81.5 Å². The number of aryl methyl sites for hydroxylation is 2. The Morgan fingerprint density at radius 3 is 2.53 bits per heavy atom. The molecule has 1 aromatic heterocycles. The summed E-state index contributed by atoms with van der Waals surface area (Å²) < 4.78 is 7.00. The van der Waals surface area contributed by atoms with Crippen molar-refractivity contribution in [1.29, 1.82) is 0 Å². The molecule has 3 aromatic rings. The lowest BCUT2D eigenvalue weighted by Gasteiger charge is -2.21. The maximum Gasteiger partial charge on any atom is 0.338 e. The second kappa shape index (κ2) is 8.90. The highest BCUT2D eigenvalue weighted by molar-refractivity contribution is 5.95. The van der Waals surface area contributed by atoms with E-state index in [0.29, 0.717) is 29.8 Å². The number of ether oxygens (including phenoxy) is 1. The van der Waals surface area contributed by atoms with E-state index in [4.69, 9.17) is 4.74 Å². The molecule has 0 aliphatic rings. The van der Waals surface area contributed by atoms with Gasteiger partial charge in [-0.05, 0) is 44.5 Å². The van der Waals surface area contributed by atoms with E-state index in [9.17, 15) is 14.4 Å². The van der Waals surface area contributed by atoms with Crippen LogP contribution < -0.4 is 5.56 Å². The van der Waals surface area contributed by atoms with Gasteiger partial charge in [-0.3, -0.25) is 9.59 Å². The van der Waals surface area contributed by atoms with Gasteiger partial charge in [0.25, 0.3) is 11.5 Å². The third-order valence-corrected chi connectivity index (χ3v) is 4.93. The smallest absolute Gasteiger partial charge is 0.338 e. The Balaban J connectivity index is 1.74. The van der Waals surface area contributed by atoms with Crippen molar-refractivity contribution in [2.24, 2.45) is 0 Å². The SMILES string of the molecule is CCn1c(=O)c(C)nc2cc(C(=O)O[C@H](C)C(=O)N(C)Cc3ccccc3)ccc21. The molecule has 30 heavy (non-hydrogen) atoms. The van der Waals surface area contributed by atoms with Gasteiger partial charge in [0.1, 0.15) is 5.69 Å². The van der Waals surface area contributed by atoms with Crippen molar-refractivity contribution in [1.82, 2.24) is 14.5 Å². The van der Waals surface area contributed by atoms with Gasteiger partial charge in [0.15, 0.2) is 6.10 Å². The van der Waals surface area contributed by atoms with Crippen LogP contribution >= 0.6 is 0 Å². The van der Waals surface area contributed by atoms with Crippen molar-refractivity contribution in [2.45, 2.75) is 40.0 Å². The van der Waals surface area contributed by atoms with Crippen LogP contribution in [0.1, 0.15) is 35.5 Å². The van der Waals surface area contributed by atoms with Crippen molar-refractivity contribution in [3.8, 4) is 0 Å². The summed E-state index contributed by atoms with van der Waals surface area (Å²) in [5, 5.41) is 0. The zero-order valence-electron chi connectivity index (χ0n) is 17.6. The van der Waals surface area contributed by atoms with Crippen molar-refractivity contribution in [3.63, 3.8) is 0 Å². The number of esters is 1. The highest BCUT2D eigenvalue weighted by Gasteiger charge is 2.23. The zero-order valence-corrected chi connectivity index (χ0v) is 17.6. The maximum absolute atomic E-state index is 12.6. The predicted molar refractivity (Wildman–Crippen MR) is 114 cm³/mol. The molecule has 7 nitrogen and oxygen atoms in total. The first-order valence-corrected chi connectivity index (χ1v) is 9.83. The van der Waals surface area contributed by atoms with Gasteiger partial charge in [-0.15, -0.1) is 0 Å². The van der Waals surface area contributed by atoms with Crippen LogP contribution in [-0.2, 0) is 22.6 Å². The van der Waals surface area contributed by atoms with E-state index in [2.05, 4.69) is 4.98 Å². The van der Waals surface area contributed by atoms with E-state index in [1.54, 1.807) is 43.7 Å². The molecule has 0 saturated carbocycles. The molecule has 0 saturated heterocycles. The van der Waals surface area contributed by atoms with E-state index >= 15 is 0 Å². The van der Waals surface area contributed by atoms with Crippen LogP contribution in [0.2, 0.25) is 0 Å². The molecule has 0 bridgehead atoms. The highest BCUT2D eigenvalue weighted by atomic mass is 16.5. The number of amides is 1. The van der Waals surface area contributed by atoms with E-state index in [-0.39, 0.29) is 17.0 Å². The van der Waals surface area contributed by atoms with Crippen LogP contribution in [0.4, 0.5) is 0 Å². The van der Waals surface area contributed by atoms with Crippen LogP contribution in [0.15, 0.2) is 53.3 Å². The van der Waals surface area contributed by atoms with E-state index < -0.39 is 12.1 Å². The van der Waals surface area contributed by atoms with Gasteiger partial charge >= 0.3 is 5.97 Å². The molecule has 0 N–H and O–H groups in total. The molecule has 0 aliphatic carbocycles. The number of nitrogens with zero attached hydrogens (tertiary/aromatic N) is 3. The second-order valence-corrected chi connectivity index (χ2v) is 7.18. The molecule has 0 fully saturated rings. The van der Waals surface area contributed by atoms with Crippen LogP contribution in [0.5, 0.6) is 0 Å². The Hall–Kier alpha value is -3.48. The number of hydrogen-bond donors (Lipinski definition) is 0. The Morgan fingerprint density at radius 1 is 1.17 bits per heavy atom. The summed E-state index contributed by atoms with van der Waals surface area (Å²) >= 11 is 0. The first-order chi connectivity index (χ1) is 14.3. The summed E-state index contributed by atoms with van der Waals surface area (Å²) in [4.78, 5) is 43.2. The van der Waals surface area contributed by atoms with Crippen molar-refractivity contribution in [2.75, 3.05) is 7.05 Å². The van der Waals surface area contributed by atoms with E-state index in [1.807, 2.05) is 37.3 Å². The molecule has 3 rings (SSSR count). The summed E-state index contributed by atoms with van der Waals surface area (Å²) in [5.41, 5.74) is 2.66. The number of likely N-dealkylation sites (N-methyl/N-ethyl adjacent to an activating group) is 1. The fraction of sp³-hybridized carbons (Fsp3) is 0.304. The summed E-state index contributed by atoms with van der Waals surface area (Å²) in [5.74, 6) is -0.902. The van der Waals surface area contributed by atoms with Gasteiger partial charge in [-0.2, -0.15) is 0 Å². The lowest BCUT2D eigenvalue weighted by Crippen LogP contribution is -2.37. The zero-order chi connectivity index (χ0) is 21.8. The Bertz CT molecular complexity index is 1140.